The Kier molecular flexibility index (Phi) is 9.10. The molecular formula is C36H36N6O2S2. The molecule has 1 saturated heterocycles. The zero-order valence-corrected chi connectivity index (χ0v) is 27.9. The van der Waals surface area contributed by atoms with E-state index in [1.165, 1.54) is 23.4 Å². The lowest BCUT2D eigenvalue weighted by Gasteiger charge is -2.28. The van der Waals surface area contributed by atoms with Crippen molar-refractivity contribution in [2.24, 2.45) is 0 Å². The van der Waals surface area contributed by atoms with Gasteiger partial charge in [0.15, 0.2) is 5.11 Å². The molecule has 3 heterocycles. The highest BCUT2D eigenvalue weighted by Gasteiger charge is 2.42. The van der Waals surface area contributed by atoms with E-state index in [1.807, 2.05) is 24.4 Å². The molecule has 0 spiro atoms. The normalized spacial score (nSPS) is 16.0. The minimum atomic E-state index is -0.384. The molecule has 1 aliphatic heterocycles. The van der Waals surface area contributed by atoms with E-state index in [2.05, 4.69) is 102 Å². The molecule has 0 amide bonds. The number of nitro benzene ring substituents is 1. The van der Waals surface area contributed by atoms with Crippen LogP contribution < -0.4 is 15.1 Å². The van der Waals surface area contributed by atoms with Gasteiger partial charge >= 0.3 is 0 Å². The third-order valence-corrected chi connectivity index (χ3v) is 9.85. The van der Waals surface area contributed by atoms with Gasteiger partial charge in [-0.1, -0.05) is 17.8 Å². The molecule has 234 valence electrons. The number of rotatable bonds is 10. The molecule has 5 aromatic rings. The van der Waals surface area contributed by atoms with E-state index in [4.69, 9.17) is 17.2 Å². The second-order valence-electron chi connectivity index (χ2n) is 11.2. The zero-order chi connectivity index (χ0) is 32.4. The third kappa shape index (κ3) is 6.10. The molecule has 0 saturated carbocycles. The molecule has 3 aromatic carbocycles. The number of nitro groups is 1. The Labute approximate surface area is 279 Å². The molecule has 0 radical (unpaired) electrons. The van der Waals surface area contributed by atoms with E-state index < -0.39 is 0 Å². The first-order valence-corrected chi connectivity index (χ1v) is 16.6. The summed E-state index contributed by atoms with van der Waals surface area (Å²) in [5.41, 5.74) is 7.81. The third-order valence-electron chi connectivity index (χ3n) is 8.52. The van der Waals surface area contributed by atoms with Gasteiger partial charge < -0.3 is 19.7 Å². The van der Waals surface area contributed by atoms with Gasteiger partial charge in [-0.3, -0.25) is 15.1 Å². The summed E-state index contributed by atoms with van der Waals surface area (Å²) in [4.78, 5) is 21.9. The zero-order valence-electron chi connectivity index (χ0n) is 26.3. The van der Waals surface area contributed by atoms with Crippen LogP contribution in [0.2, 0.25) is 0 Å². The van der Waals surface area contributed by atoms with Crippen LogP contribution in [0.3, 0.4) is 0 Å². The monoisotopic (exact) mass is 648 g/mol. The van der Waals surface area contributed by atoms with Gasteiger partial charge in [0, 0.05) is 69.7 Å². The predicted molar refractivity (Wildman–Crippen MR) is 190 cm³/mol. The van der Waals surface area contributed by atoms with Crippen LogP contribution in [0.1, 0.15) is 48.6 Å². The predicted octanol–water partition coefficient (Wildman–Crippen LogP) is 8.57. The average molecular weight is 649 g/mol. The Morgan fingerprint density at radius 1 is 0.913 bits per heavy atom. The summed E-state index contributed by atoms with van der Waals surface area (Å²) < 4.78 is 2.32. The van der Waals surface area contributed by atoms with Gasteiger partial charge in [-0.05, 0) is 124 Å². The molecule has 6 rings (SSSR count). The van der Waals surface area contributed by atoms with Crippen LogP contribution in [0, 0.1) is 24.0 Å². The highest BCUT2D eigenvalue weighted by Crippen LogP contribution is 2.44. The SMILES string of the molecule is CCN(CC)c1ccc(-n2c(C)cc([C@@H]3[C@H](c4ccccn4)NC(=S)N3c3ccc(Sc4ccc([N+](=O)[O-])cc4)cc3)c2C)cc1. The van der Waals surface area contributed by atoms with E-state index >= 15 is 0 Å². The van der Waals surface area contributed by atoms with Crippen LogP contribution in [0.5, 0.6) is 0 Å². The van der Waals surface area contributed by atoms with E-state index in [0.29, 0.717) is 5.11 Å². The first kappa shape index (κ1) is 31.3. The van der Waals surface area contributed by atoms with E-state index in [0.717, 1.165) is 51.3 Å². The van der Waals surface area contributed by atoms with Gasteiger partial charge in [0.1, 0.15) is 0 Å². The Morgan fingerprint density at radius 3 is 2.13 bits per heavy atom. The molecular weight excluding hydrogens is 613 g/mol. The Hall–Kier alpha value is -4.67. The number of aryl methyl sites for hydroxylation is 1. The second kappa shape index (κ2) is 13.4. The van der Waals surface area contributed by atoms with Crippen LogP contribution in [-0.4, -0.2) is 32.7 Å². The van der Waals surface area contributed by atoms with E-state index in [-0.39, 0.29) is 22.7 Å². The summed E-state index contributed by atoms with van der Waals surface area (Å²) in [5, 5.41) is 15.3. The number of non-ortho nitro benzene ring substituents is 1. The minimum absolute atomic E-state index is 0.0826. The number of nitrogens with zero attached hydrogens (tertiary/aromatic N) is 5. The van der Waals surface area contributed by atoms with Crippen LogP contribution in [0.4, 0.5) is 17.1 Å². The van der Waals surface area contributed by atoms with Crippen molar-refractivity contribution in [3.05, 3.63) is 136 Å². The van der Waals surface area contributed by atoms with Crippen molar-refractivity contribution in [3.63, 3.8) is 0 Å². The van der Waals surface area contributed by atoms with Crippen molar-refractivity contribution in [2.45, 2.75) is 49.6 Å². The molecule has 10 heteroatoms. The van der Waals surface area contributed by atoms with Gasteiger partial charge in [-0.2, -0.15) is 0 Å². The second-order valence-corrected chi connectivity index (χ2v) is 12.7. The number of hydrogen-bond donors (Lipinski definition) is 1. The van der Waals surface area contributed by atoms with Gasteiger partial charge in [0.25, 0.3) is 5.69 Å². The molecule has 46 heavy (non-hydrogen) atoms. The first-order valence-electron chi connectivity index (χ1n) is 15.4. The van der Waals surface area contributed by atoms with Gasteiger partial charge in [-0.15, -0.1) is 0 Å². The van der Waals surface area contributed by atoms with Crippen molar-refractivity contribution >= 4 is 46.2 Å². The molecule has 0 unspecified atom stereocenters. The minimum Gasteiger partial charge on any atom is -0.372 e. The lowest BCUT2D eigenvalue weighted by Crippen LogP contribution is -2.29. The van der Waals surface area contributed by atoms with Crippen molar-refractivity contribution < 1.29 is 4.92 Å². The highest BCUT2D eigenvalue weighted by atomic mass is 32.2. The topological polar surface area (TPSA) is 79.5 Å². The number of aromatic nitrogens is 2. The molecule has 8 nitrogen and oxygen atoms in total. The number of benzene rings is 3. The fourth-order valence-electron chi connectivity index (χ4n) is 6.28. The maximum absolute atomic E-state index is 11.0. The van der Waals surface area contributed by atoms with Crippen molar-refractivity contribution in [1.29, 1.82) is 0 Å². The van der Waals surface area contributed by atoms with Crippen LogP contribution in [0.15, 0.2) is 113 Å². The number of pyridine rings is 1. The molecule has 0 bridgehead atoms. The highest BCUT2D eigenvalue weighted by molar-refractivity contribution is 7.99. The summed E-state index contributed by atoms with van der Waals surface area (Å²) in [5.74, 6) is 0. The van der Waals surface area contributed by atoms with Crippen molar-refractivity contribution in [1.82, 2.24) is 14.9 Å². The number of anilines is 2. The summed E-state index contributed by atoms with van der Waals surface area (Å²) in [7, 11) is 0. The number of hydrogen-bond acceptors (Lipinski definition) is 6. The molecule has 0 aliphatic carbocycles. The molecule has 1 fully saturated rings. The van der Waals surface area contributed by atoms with Gasteiger partial charge in [0.2, 0.25) is 0 Å². The summed E-state index contributed by atoms with van der Waals surface area (Å²) >= 11 is 7.56. The summed E-state index contributed by atoms with van der Waals surface area (Å²) in [6.45, 7) is 10.6. The number of nitrogens with one attached hydrogen (secondary N) is 1. The van der Waals surface area contributed by atoms with Crippen LogP contribution >= 0.6 is 24.0 Å². The number of thiocarbonyl (C=S) groups is 1. The quantitative estimate of drug-likeness (QED) is 0.0917. The smallest absolute Gasteiger partial charge is 0.269 e. The fourth-order valence-corrected chi connectivity index (χ4v) is 7.44. The summed E-state index contributed by atoms with van der Waals surface area (Å²) in [6.07, 6.45) is 1.82. The Bertz CT molecular complexity index is 1840. The standard InChI is InChI=1S/C36H36N6O2S2/c1-5-39(6-2)26-10-12-27(13-11-26)40-24(3)23-32(25(40)4)35-34(33-9-7-8-22-37-33)38-36(45)41(35)28-14-18-30(19-15-28)46-31-20-16-29(17-21-31)42(43)44/h7-23,34-35H,5-6H2,1-4H3,(H,38,45)/t34-,35+/m0/s1. The van der Waals surface area contributed by atoms with Crippen molar-refractivity contribution in [3.8, 4) is 5.69 Å². The van der Waals surface area contributed by atoms with Crippen molar-refractivity contribution in [2.75, 3.05) is 22.9 Å². The van der Waals surface area contributed by atoms with Crippen LogP contribution in [-0.2, 0) is 0 Å². The molecule has 1 aliphatic rings. The van der Waals surface area contributed by atoms with Crippen LogP contribution in [0.25, 0.3) is 5.69 Å². The first-order chi connectivity index (χ1) is 22.3. The summed E-state index contributed by atoms with van der Waals surface area (Å²) in [6, 6.07) is 31.7. The van der Waals surface area contributed by atoms with Gasteiger partial charge in [-0.25, -0.2) is 0 Å². The Balaban J connectivity index is 1.35. The average Bonchev–Trinajstić information content (AvgIpc) is 3.57. The lowest BCUT2D eigenvalue weighted by molar-refractivity contribution is -0.384. The van der Waals surface area contributed by atoms with Gasteiger partial charge in [0.05, 0.1) is 22.7 Å². The maximum atomic E-state index is 11.0. The maximum Gasteiger partial charge on any atom is 0.269 e. The fraction of sp³-hybridized carbons (Fsp3) is 0.222. The lowest BCUT2D eigenvalue weighted by atomic mass is 9.96. The molecule has 2 aromatic heterocycles. The molecule has 2 atom stereocenters. The van der Waals surface area contributed by atoms with E-state index in [1.54, 1.807) is 23.9 Å². The Morgan fingerprint density at radius 2 is 1.54 bits per heavy atom. The van der Waals surface area contributed by atoms with E-state index in [9.17, 15) is 10.1 Å². The molecule has 1 N–H and O–H groups in total. The largest absolute Gasteiger partial charge is 0.372 e.